The van der Waals surface area contributed by atoms with Crippen LogP contribution in [-0.4, -0.2) is 22.0 Å². The molecule has 1 amide bonds. The van der Waals surface area contributed by atoms with Crippen molar-refractivity contribution in [1.82, 2.24) is 15.5 Å². The van der Waals surface area contributed by atoms with Crippen LogP contribution in [0, 0.1) is 13.8 Å². The van der Waals surface area contributed by atoms with Crippen molar-refractivity contribution in [2.75, 3.05) is 5.88 Å². The van der Waals surface area contributed by atoms with E-state index in [4.69, 9.17) is 11.6 Å². The quantitative estimate of drug-likeness (QED) is 0.714. The fourth-order valence-electron chi connectivity index (χ4n) is 0.937. The number of carbonyl (C=O) groups excluding carboxylic acids is 1. The number of halogens is 1. The third-order valence-corrected chi connectivity index (χ3v) is 2.17. The lowest BCUT2D eigenvalue weighted by Crippen LogP contribution is -2.24. The highest BCUT2D eigenvalue weighted by atomic mass is 35.5. The number of carbonyl (C=O) groups is 1. The number of rotatable bonds is 3. The van der Waals surface area contributed by atoms with Gasteiger partial charge in [0.1, 0.15) is 5.88 Å². The zero-order chi connectivity index (χ0) is 9.84. The second-order valence-corrected chi connectivity index (χ2v) is 3.10. The third kappa shape index (κ3) is 2.45. The minimum absolute atomic E-state index is 0.0115. The van der Waals surface area contributed by atoms with Crippen LogP contribution in [0.25, 0.3) is 0 Å². The number of alkyl halides is 1. The summed E-state index contributed by atoms with van der Waals surface area (Å²) in [5.41, 5.74) is 2.96. The van der Waals surface area contributed by atoms with Crippen LogP contribution in [0.15, 0.2) is 0 Å². The van der Waals surface area contributed by atoms with Crippen LogP contribution in [0.4, 0.5) is 0 Å². The van der Waals surface area contributed by atoms with Gasteiger partial charge in [-0.25, -0.2) is 0 Å². The lowest BCUT2D eigenvalue weighted by Gasteiger charge is -2.00. The number of hydrogen-bond acceptors (Lipinski definition) is 2. The highest BCUT2D eigenvalue weighted by molar-refractivity contribution is 6.27. The van der Waals surface area contributed by atoms with Crippen LogP contribution < -0.4 is 5.32 Å². The van der Waals surface area contributed by atoms with Gasteiger partial charge >= 0.3 is 0 Å². The van der Waals surface area contributed by atoms with Gasteiger partial charge in [0.15, 0.2) is 0 Å². The monoisotopic (exact) mass is 201 g/mol. The maximum absolute atomic E-state index is 10.8. The summed E-state index contributed by atoms with van der Waals surface area (Å²) in [4.78, 5) is 10.8. The van der Waals surface area contributed by atoms with Crippen molar-refractivity contribution < 1.29 is 4.79 Å². The van der Waals surface area contributed by atoms with Crippen molar-refractivity contribution in [2.24, 2.45) is 0 Å². The van der Waals surface area contributed by atoms with Crippen molar-refractivity contribution in [2.45, 2.75) is 20.4 Å². The molecule has 1 aromatic heterocycles. The number of nitrogens with one attached hydrogen (secondary N) is 2. The number of amides is 1. The highest BCUT2D eigenvalue weighted by Crippen LogP contribution is 2.07. The molecule has 0 fully saturated rings. The van der Waals surface area contributed by atoms with Crippen LogP contribution in [0.3, 0.4) is 0 Å². The molecule has 0 aliphatic carbocycles. The Morgan fingerprint density at radius 3 is 2.77 bits per heavy atom. The Hall–Kier alpha value is -1.03. The Labute approximate surface area is 81.7 Å². The smallest absolute Gasteiger partial charge is 0.235 e. The lowest BCUT2D eigenvalue weighted by atomic mass is 10.2. The molecule has 1 rings (SSSR count). The van der Waals surface area contributed by atoms with Crippen molar-refractivity contribution >= 4 is 17.5 Å². The first-order valence-electron chi connectivity index (χ1n) is 3.98. The maximum Gasteiger partial charge on any atom is 0.235 e. The molecule has 0 saturated heterocycles. The molecule has 0 bridgehead atoms. The Bertz CT molecular complexity index is 308. The summed E-state index contributed by atoms with van der Waals surface area (Å²) in [6.07, 6.45) is 0. The maximum atomic E-state index is 10.8. The first-order chi connectivity index (χ1) is 6.15. The summed E-state index contributed by atoms with van der Waals surface area (Å²) in [5.74, 6) is -0.190. The van der Waals surface area contributed by atoms with E-state index in [2.05, 4.69) is 15.5 Å². The van der Waals surface area contributed by atoms with Crippen LogP contribution >= 0.6 is 11.6 Å². The molecule has 0 aromatic carbocycles. The Balaban J connectivity index is 2.55. The molecule has 4 nitrogen and oxygen atoms in total. The second-order valence-electron chi connectivity index (χ2n) is 2.83. The molecule has 0 aliphatic rings. The van der Waals surface area contributed by atoms with Gasteiger partial charge in [0.05, 0.1) is 12.2 Å². The van der Waals surface area contributed by atoms with Crippen molar-refractivity contribution in [3.63, 3.8) is 0 Å². The minimum Gasteiger partial charge on any atom is -0.349 e. The van der Waals surface area contributed by atoms with E-state index in [1.807, 2.05) is 13.8 Å². The summed E-state index contributed by atoms with van der Waals surface area (Å²) in [6.45, 7) is 4.33. The predicted octanol–water partition coefficient (Wildman–Crippen LogP) is 0.882. The molecule has 1 heterocycles. The molecule has 72 valence electrons. The summed E-state index contributed by atoms with van der Waals surface area (Å²) in [6, 6.07) is 0. The number of H-pyrrole nitrogens is 1. The fourth-order valence-corrected chi connectivity index (χ4v) is 1.03. The minimum atomic E-state index is -0.179. The number of nitrogens with zero attached hydrogens (tertiary/aromatic N) is 1. The summed E-state index contributed by atoms with van der Waals surface area (Å²) >= 11 is 5.32. The second kappa shape index (κ2) is 4.28. The molecule has 0 spiro atoms. The molecule has 0 atom stereocenters. The molecule has 0 saturated carbocycles. The molecule has 0 unspecified atom stereocenters. The standard InChI is InChI=1S/C8H12ClN3O/c1-5-6(2)11-12-7(5)4-10-8(13)3-9/h3-4H2,1-2H3,(H,10,13)(H,11,12). The zero-order valence-electron chi connectivity index (χ0n) is 7.65. The SMILES string of the molecule is Cc1[nH]nc(CNC(=O)CCl)c1C. The molecule has 0 aliphatic heterocycles. The summed E-state index contributed by atoms with van der Waals surface area (Å²) < 4.78 is 0. The summed E-state index contributed by atoms with van der Waals surface area (Å²) in [7, 11) is 0. The molecular formula is C8H12ClN3O. The first kappa shape index (κ1) is 10.1. The van der Waals surface area contributed by atoms with E-state index in [0.29, 0.717) is 6.54 Å². The van der Waals surface area contributed by atoms with Gasteiger partial charge in [-0.05, 0) is 19.4 Å². The van der Waals surface area contributed by atoms with Gasteiger partial charge < -0.3 is 5.32 Å². The lowest BCUT2D eigenvalue weighted by molar-refractivity contribution is -0.118. The van der Waals surface area contributed by atoms with E-state index in [1.165, 1.54) is 0 Å². The number of hydrogen-bond donors (Lipinski definition) is 2. The van der Waals surface area contributed by atoms with Gasteiger partial charge in [-0.3, -0.25) is 9.89 Å². The van der Waals surface area contributed by atoms with E-state index in [9.17, 15) is 4.79 Å². The number of aryl methyl sites for hydroxylation is 1. The van der Waals surface area contributed by atoms with Gasteiger partial charge in [0.25, 0.3) is 0 Å². The number of aromatic amines is 1. The number of aromatic nitrogens is 2. The molecular weight excluding hydrogens is 190 g/mol. The molecule has 13 heavy (non-hydrogen) atoms. The van der Waals surface area contributed by atoms with E-state index in [0.717, 1.165) is 17.0 Å². The predicted molar refractivity (Wildman–Crippen MR) is 50.6 cm³/mol. The van der Waals surface area contributed by atoms with Gasteiger partial charge in [-0.1, -0.05) is 0 Å². The topological polar surface area (TPSA) is 57.8 Å². The largest absolute Gasteiger partial charge is 0.349 e. The summed E-state index contributed by atoms with van der Waals surface area (Å²) in [5, 5.41) is 9.53. The van der Waals surface area contributed by atoms with E-state index >= 15 is 0 Å². The van der Waals surface area contributed by atoms with E-state index in [-0.39, 0.29) is 11.8 Å². The van der Waals surface area contributed by atoms with E-state index in [1.54, 1.807) is 0 Å². The molecule has 1 aromatic rings. The molecule has 5 heteroatoms. The van der Waals surface area contributed by atoms with Crippen LogP contribution in [-0.2, 0) is 11.3 Å². The van der Waals surface area contributed by atoms with Crippen LogP contribution in [0.5, 0.6) is 0 Å². The van der Waals surface area contributed by atoms with Crippen LogP contribution in [0.1, 0.15) is 17.0 Å². The first-order valence-corrected chi connectivity index (χ1v) is 4.51. The molecule has 2 N–H and O–H groups in total. The zero-order valence-corrected chi connectivity index (χ0v) is 8.40. The Morgan fingerprint density at radius 2 is 2.31 bits per heavy atom. The van der Waals surface area contributed by atoms with Gasteiger partial charge in [0, 0.05) is 5.69 Å². The third-order valence-electron chi connectivity index (χ3n) is 1.93. The fraction of sp³-hybridized carbons (Fsp3) is 0.500. The van der Waals surface area contributed by atoms with Gasteiger partial charge in [0.2, 0.25) is 5.91 Å². The Kier molecular flexibility index (Phi) is 3.31. The van der Waals surface area contributed by atoms with Gasteiger partial charge in [-0.2, -0.15) is 5.10 Å². The van der Waals surface area contributed by atoms with Crippen molar-refractivity contribution in [1.29, 1.82) is 0 Å². The normalized spacial score (nSPS) is 10.1. The average Bonchev–Trinajstić information content (AvgIpc) is 2.44. The highest BCUT2D eigenvalue weighted by Gasteiger charge is 2.06. The molecule has 0 radical (unpaired) electrons. The van der Waals surface area contributed by atoms with Gasteiger partial charge in [-0.15, -0.1) is 11.6 Å². The van der Waals surface area contributed by atoms with Crippen molar-refractivity contribution in [3.05, 3.63) is 17.0 Å². The van der Waals surface area contributed by atoms with Crippen molar-refractivity contribution in [3.8, 4) is 0 Å². The van der Waals surface area contributed by atoms with Crippen LogP contribution in [0.2, 0.25) is 0 Å². The average molecular weight is 202 g/mol. The Morgan fingerprint density at radius 1 is 1.62 bits per heavy atom. The van der Waals surface area contributed by atoms with E-state index < -0.39 is 0 Å².